The maximum absolute atomic E-state index is 13.0. The van der Waals surface area contributed by atoms with Crippen LogP contribution >= 0.6 is 0 Å². The smallest absolute Gasteiger partial charge is 0.196 e. The number of benzene rings is 3. The molecule has 0 spiro atoms. The van der Waals surface area contributed by atoms with Crippen LogP contribution in [0.2, 0.25) is 0 Å². The number of hydrogen-bond acceptors (Lipinski definition) is 5. The average Bonchev–Trinajstić information content (AvgIpc) is 2.76. The van der Waals surface area contributed by atoms with Gasteiger partial charge < -0.3 is 18.9 Å². The van der Waals surface area contributed by atoms with Crippen LogP contribution in [0.4, 0.5) is 0 Å². The number of carbonyl (C=O) groups excluding carboxylic acids is 1. The van der Waals surface area contributed by atoms with E-state index in [1.165, 1.54) is 7.11 Å². The summed E-state index contributed by atoms with van der Waals surface area (Å²) in [4.78, 5) is 13.0. The largest absolute Gasteiger partial charge is 0.497 e. The van der Waals surface area contributed by atoms with Crippen molar-refractivity contribution < 1.29 is 23.7 Å². The molecule has 0 amide bonds. The Morgan fingerprint density at radius 3 is 2.21 bits per heavy atom. The minimum absolute atomic E-state index is 0.0544. The van der Waals surface area contributed by atoms with Crippen molar-refractivity contribution in [3.8, 4) is 17.2 Å². The van der Waals surface area contributed by atoms with Crippen LogP contribution in [0.1, 0.15) is 21.5 Å². The molecule has 0 fully saturated rings. The zero-order chi connectivity index (χ0) is 19.8. The van der Waals surface area contributed by atoms with Gasteiger partial charge in [-0.3, -0.25) is 4.79 Å². The molecule has 0 aliphatic rings. The number of methoxy groups -OCH3 is 2. The van der Waals surface area contributed by atoms with Crippen molar-refractivity contribution in [1.82, 2.24) is 0 Å². The van der Waals surface area contributed by atoms with Gasteiger partial charge in [0, 0.05) is 12.7 Å². The van der Waals surface area contributed by atoms with Gasteiger partial charge in [-0.05, 0) is 48.0 Å². The quantitative estimate of drug-likeness (QED) is 0.406. The molecule has 0 unspecified atom stereocenters. The summed E-state index contributed by atoms with van der Waals surface area (Å²) in [5.41, 5.74) is 2.02. The van der Waals surface area contributed by atoms with Gasteiger partial charge in [-0.25, -0.2) is 0 Å². The van der Waals surface area contributed by atoms with Gasteiger partial charge in [-0.15, -0.1) is 0 Å². The van der Waals surface area contributed by atoms with Crippen molar-refractivity contribution in [2.24, 2.45) is 0 Å². The van der Waals surface area contributed by atoms with Crippen LogP contribution in [0.5, 0.6) is 17.2 Å². The number of carbonyl (C=O) groups is 1. The van der Waals surface area contributed by atoms with E-state index in [9.17, 15) is 4.79 Å². The minimum atomic E-state index is -0.167. The molecule has 0 radical (unpaired) electrons. The monoisotopic (exact) mass is 378 g/mol. The lowest BCUT2D eigenvalue weighted by Gasteiger charge is -2.12. The van der Waals surface area contributed by atoms with E-state index < -0.39 is 0 Å². The minimum Gasteiger partial charge on any atom is -0.497 e. The van der Waals surface area contributed by atoms with Gasteiger partial charge in [0.1, 0.15) is 23.9 Å². The Morgan fingerprint density at radius 1 is 0.821 bits per heavy atom. The molecular formula is C23H22O5. The third-order valence-electron chi connectivity index (χ3n) is 4.13. The first kappa shape index (κ1) is 19.5. The summed E-state index contributed by atoms with van der Waals surface area (Å²) in [7, 11) is 3.08. The van der Waals surface area contributed by atoms with Gasteiger partial charge in [0.15, 0.2) is 12.6 Å². The van der Waals surface area contributed by atoms with Crippen molar-refractivity contribution in [2.75, 3.05) is 21.0 Å². The topological polar surface area (TPSA) is 54.0 Å². The number of ether oxygens (including phenoxy) is 4. The zero-order valence-electron chi connectivity index (χ0n) is 15.9. The SMILES string of the molecule is COCOc1ccc(OC)cc1C(=O)c1ccc(OCc2ccccc2)cc1. The highest BCUT2D eigenvalue weighted by Crippen LogP contribution is 2.27. The molecule has 3 aromatic carbocycles. The fourth-order valence-electron chi connectivity index (χ4n) is 2.66. The molecule has 5 nitrogen and oxygen atoms in total. The normalized spacial score (nSPS) is 10.4. The first-order valence-electron chi connectivity index (χ1n) is 8.82. The summed E-state index contributed by atoms with van der Waals surface area (Å²) in [6.45, 7) is 0.526. The first-order chi connectivity index (χ1) is 13.7. The van der Waals surface area contributed by atoms with Crippen molar-refractivity contribution in [1.29, 1.82) is 0 Å². The van der Waals surface area contributed by atoms with Gasteiger partial charge in [-0.2, -0.15) is 0 Å². The van der Waals surface area contributed by atoms with Crippen molar-refractivity contribution in [3.05, 3.63) is 89.5 Å². The first-order valence-corrected chi connectivity index (χ1v) is 8.82. The fourth-order valence-corrected chi connectivity index (χ4v) is 2.66. The summed E-state index contributed by atoms with van der Waals surface area (Å²) in [6, 6.07) is 22.0. The Bertz CT molecular complexity index is 904. The molecule has 0 aromatic heterocycles. The zero-order valence-corrected chi connectivity index (χ0v) is 15.9. The molecule has 0 N–H and O–H groups in total. The fraction of sp³-hybridized carbons (Fsp3) is 0.174. The van der Waals surface area contributed by atoms with Gasteiger partial charge in [0.2, 0.25) is 0 Å². The second-order valence-electron chi connectivity index (χ2n) is 6.04. The van der Waals surface area contributed by atoms with Crippen LogP contribution < -0.4 is 14.2 Å². The molecule has 3 aromatic rings. The molecular weight excluding hydrogens is 356 g/mol. The van der Waals surface area contributed by atoms with E-state index in [0.29, 0.717) is 35.0 Å². The van der Waals surface area contributed by atoms with E-state index in [1.54, 1.807) is 49.6 Å². The number of ketones is 1. The highest BCUT2D eigenvalue weighted by molar-refractivity contribution is 6.11. The van der Waals surface area contributed by atoms with E-state index in [1.807, 2.05) is 30.3 Å². The summed E-state index contributed by atoms with van der Waals surface area (Å²) < 4.78 is 21.5. The van der Waals surface area contributed by atoms with E-state index in [2.05, 4.69) is 0 Å². The summed E-state index contributed by atoms with van der Waals surface area (Å²) in [6.07, 6.45) is 0. The molecule has 5 heteroatoms. The van der Waals surface area contributed by atoms with Crippen LogP contribution in [-0.4, -0.2) is 26.8 Å². The number of hydrogen-bond donors (Lipinski definition) is 0. The van der Waals surface area contributed by atoms with Gasteiger partial charge in [0.05, 0.1) is 12.7 Å². The maximum Gasteiger partial charge on any atom is 0.196 e. The van der Waals surface area contributed by atoms with E-state index in [4.69, 9.17) is 18.9 Å². The van der Waals surface area contributed by atoms with Crippen molar-refractivity contribution in [3.63, 3.8) is 0 Å². The molecule has 0 aliphatic carbocycles. The number of rotatable bonds is 9. The average molecular weight is 378 g/mol. The summed E-state index contributed by atoms with van der Waals surface area (Å²) in [5, 5.41) is 0. The third-order valence-corrected chi connectivity index (χ3v) is 4.13. The van der Waals surface area contributed by atoms with Crippen LogP contribution in [0.25, 0.3) is 0 Å². The highest BCUT2D eigenvalue weighted by atomic mass is 16.7. The van der Waals surface area contributed by atoms with Crippen molar-refractivity contribution >= 4 is 5.78 Å². The lowest BCUT2D eigenvalue weighted by molar-refractivity contribution is 0.0503. The predicted octanol–water partition coefficient (Wildman–Crippen LogP) is 4.49. The predicted molar refractivity (Wildman–Crippen MR) is 106 cm³/mol. The second-order valence-corrected chi connectivity index (χ2v) is 6.04. The molecule has 0 aliphatic heterocycles. The van der Waals surface area contributed by atoms with Gasteiger partial charge in [-0.1, -0.05) is 30.3 Å². The summed E-state index contributed by atoms with van der Waals surface area (Å²) >= 11 is 0. The Labute approximate surface area is 164 Å². The van der Waals surface area contributed by atoms with Gasteiger partial charge >= 0.3 is 0 Å². The lowest BCUT2D eigenvalue weighted by Crippen LogP contribution is -2.08. The van der Waals surface area contributed by atoms with E-state index in [0.717, 1.165) is 5.56 Å². The molecule has 28 heavy (non-hydrogen) atoms. The van der Waals surface area contributed by atoms with Gasteiger partial charge in [0.25, 0.3) is 0 Å². The van der Waals surface area contributed by atoms with E-state index in [-0.39, 0.29) is 12.6 Å². The third kappa shape index (κ3) is 4.90. The summed E-state index contributed by atoms with van der Waals surface area (Å²) in [5.74, 6) is 1.55. The molecule has 0 saturated carbocycles. The molecule has 3 rings (SSSR count). The molecule has 0 heterocycles. The van der Waals surface area contributed by atoms with Crippen LogP contribution in [-0.2, 0) is 11.3 Å². The highest BCUT2D eigenvalue weighted by Gasteiger charge is 2.16. The Hall–Kier alpha value is -3.31. The molecule has 144 valence electrons. The van der Waals surface area contributed by atoms with Crippen molar-refractivity contribution in [2.45, 2.75) is 6.61 Å². The van der Waals surface area contributed by atoms with Crippen LogP contribution in [0, 0.1) is 0 Å². The van der Waals surface area contributed by atoms with Crippen LogP contribution in [0.3, 0.4) is 0 Å². The molecule has 0 bridgehead atoms. The lowest BCUT2D eigenvalue weighted by atomic mass is 10.0. The van der Waals surface area contributed by atoms with E-state index >= 15 is 0 Å². The molecule has 0 atom stereocenters. The Morgan fingerprint density at radius 2 is 1.54 bits per heavy atom. The standard InChI is InChI=1S/C23H22O5/c1-25-16-28-22-13-12-20(26-2)14-21(22)23(24)18-8-10-19(11-9-18)27-15-17-6-4-3-5-7-17/h3-14H,15-16H2,1-2H3. The second kappa shape index (κ2) is 9.58. The Kier molecular flexibility index (Phi) is 6.65. The van der Waals surface area contributed by atoms with Crippen LogP contribution in [0.15, 0.2) is 72.8 Å². The molecule has 0 saturated heterocycles. The Balaban J connectivity index is 1.75. The maximum atomic E-state index is 13.0.